The van der Waals surface area contributed by atoms with Crippen LogP contribution in [0.25, 0.3) is 0 Å². The van der Waals surface area contributed by atoms with E-state index in [9.17, 15) is 18.3 Å². The summed E-state index contributed by atoms with van der Waals surface area (Å²) in [6.45, 7) is 1.88. The molecule has 2 rings (SSSR count). The van der Waals surface area contributed by atoms with Gasteiger partial charge in [-0.15, -0.1) is 0 Å². The number of halogens is 3. The number of aromatic nitrogens is 2. The van der Waals surface area contributed by atoms with Crippen molar-refractivity contribution < 1.29 is 18.3 Å². The predicted octanol–water partition coefficient (Wildman–Crippen LogP) is 3.08. The van der Waals surface area contributed by atoms with Crippen LogP contribution in [0.4, 0.5) is 13.2 Å². The first-order chi connectivity index (χ1) is 9.32. The highest BCUT2D eigenvalue weighted by atomic mass is 19.4. The zero-order valence-corrected chi connectivity index (χ0v) is 11.1. The van der Waals surface area contributed by atoms with Crippen molar-refractivity contribution in [2.75, 3.05) is 0 Å². The highest BCUT2D eigenvalue weighted by Gasteiger charge is 2.31. The van der Waals surface area contributed by atoms with Crippen molar-refractivity contribution in [2.45, 2.75) is 25.6 Å². The second-order valence-corrected chi connectivity index (χ2v) is 4.58. The zero-order chi connectivity index (χ0) is 14.9. The molecule has 0 saturated carbocycles. The van der Waals surface area contributed by atoms with E-state index in [-0.39, 0.29) is 5.56 Å². The third-order valence-electron chi connectivity index (χ3n) is 3.10. The summed E-state index contributed by atoms with van der Waals surface area (Å²) >= 11 is 0. The lowest BCUT2D eigenvalue weighted by Gasteiger charge is -2.13. The molecule has 0 radical (unpaired) electrons. The van der Waals surface area contributed by atoms with E-state index in [4.69, 9.17) is 0 Å². The molecule has 20 heavy (non-hydrogen) atoms. The van der Waals surface area contributed by atoms with Crippen molar-refractivity contribution in [3.8, 4) is 0 Å². The molecule has 1 atom stereocenters. The average molecular weight is 284 g/mol. The van der Waals surface area contributed by atoms with E-state index in [1.165, 1.54) is 12.1 Å². The SMILES string of the molecule is CCc1nn(C)cc1C(O)c1cccc(C(F)(F)F)c1. The number of alkyl halides is 3. The fourth-order valence-corrected chi connectivity index (χ4v) is 2.12. The maximum absolute atomic E-state index is 12.7. The van der Waals surface area contributed by atoms with Crippen molar-refractivity contribution in [2.24, 2.45) is 7.05 Å². The van der Waals surface area contributed by atoms with Crippen LogP contribution < -0.4 is 0 Å². The molecule has 1 heterocycles. The van der Waals surface area contributed by atoms with Gasteiger partial charge in [0.1, 0.15) is 6.10 Å². The van der Waals surface area contributed by atoms with Crippen LogP contribution in [0.5, 0.6) is 0 Å². The number of rotatable bonds is 3. The summed E-state index contributed by atoms with van der Waals surface area (Å²) in [5, 5.41) is 14.5. The summed E-state index contributed by atoms with van der Waals surface area (Å²) in [6, 6.07) is 4.73. The van der Waals surface area contributed by atoms with Crippen molar-refractivity contribution in [1.29, 1.82) is 0 Å². The summed E-state index contributed by atoms with van der Waals surface area (Å²) < 4.78 is 39.6. The molecule has 1 unspecified atom stereocenters. The second kappa shape index (κ2) is 5.28. The van der Waals surface area contributed by atoms with Gasteiger partial charge in [0.25, 0.3) is 0 Å². The van der Waals surface area contributed by atoms with Gasteiger partial charge in [0.15, 0.2) is 0 Å². The monoisotopic (exact) mass is 284 g/mol. The van der Waals surface area contributed by atoms with Crippen LogP contribution in [-0.4, -0.2) is 14.9 Å². The Labute approximate surface area is 114 Å². The normalized spacial score (nSPS) is 13.5. The molecular weight excluding hydrogens is 269 g/mol. The number of hydrogen-bond donors (Lipinski definition) is 1. The fraction of sp³-hybridized carbons (Fsp3) is 0.357. The highest BCUT2D eigenvalue weighted by Crippen LogP contribution is 2.32. The second-order valence-electron chi connectivity index (χ2n) is 4.58. The lowest BCUT2D eigenvalue weighted by molar-refractivity contribution is -0.137. The number of hydrogen-bond acceptors (Lipinski definition) is 2. The van der Waals surface area contributed by atoms with Crippen LogP contribution in [0.3, 0.4) is 0 Å². The highest BCUT2D eigenvalue weighted by molar-refractivity contribution is 5.34. The Bertz CT molecular complexity index is 605. The first-order valence-electron chi connectivity index (χ1n) is 6.20. The number of benzene rings is 1. The molecule has 2 aromatic rings. The molecule has 3 nitrogen and oxygen atoms in total. The molecule has 0 aliphatic carbocycles. The molecule has 0 amide bonds. The topological polar surface area (TPSA) is 38.0 Å². The molecule has 1 aromatic carbocycles. The van der Waals surface area contributed by atoms with Gasteiger partial charge in [0, 0.05) is 18.8 Å². The van der Waals surface area contributed by atoms with Gasteiger partial charge < -0.3 is 5.11 Å². The third-order valence-corrected chi connectivity index (χ3v) is 3.10. The van der Waals surface area contributed by atoms with Gasteiger partial charge in [-0.3, -0.25) is 4.68 Å². The Hall–Kier alpha value is -1.82. The van der Waals surface area contributed by atoms with Gasteiger partial charge in [0.05, 0.1) is 11.3 Å². The van der Waals surface area contributed by atoms with Crippen LogP contribution in [0, 0.1) is 0 Å². The molecule has 6 heteroatoms. The molecule has 0 bridgehead atoms. The van der Waals surface area contributed by atoms with E-state index < -0.39 is 17.8 Å². The Morgan fingerprint density at radius 1 is 1.35 bits per heavy atom. The Morgan fingerprint density at radius 2 is 2.05 bits per heavy atom. The molecule has 0 spiro atoms. The summed E-state index contributed by atoms with van der Waals surface area (Å²) in [5.74, 6) is 0. The summed E-state index contributed by atoms with van der Waals surface area (Å²) in [4.78, 5) is 0. The van der Waals surface area contributed by atoms with E-state index in [1.54, 1.807) is 17.9 Å². The number of nitrogens with zero attached hydrogens (tertiary/aromatic N) is 2. The Kier molecular flexibility index (Phi) is 3.85. The van der Waals surface area contributed by atoms with E-state index >= 15 is 0 Å². The van der Waals surface area contributed by atoms with Crippen LogP contribution in [0.1, 0.15) is 35.4 Å². The van der Waals surface area contributed by atoms with Crippen LogP contribution in [0.15, 0.2) is 30.5 Å². The number of aliphatic hydroxyl groups is 1. The van der Waals surface area contributed by atoms with Gasteiger partial charge in [-0.25, -0.2) is 0 Å². The minimum Gasteiger partial charge on any atom is -0.384 e. The predicted molar refractivity (Wildman–Crippen MR) is 68.1 cm³/mol. The molecular formula is C14H15F3N2O. The molecule has 0 aliphatic rings. The van der Waals surface area contributed by atoms with E-state index in [0.717, 1.165) is 12.1 Å². The van der Waals surface area contributed by atoms with Crippen molar-refractivity contribution in [3.63, 3.8) is 0 Å². The Balaban J connectivity index is 2.40. The third kappa shape index (κ3) is 2.85. The maximum atomic E-state index is 12.7. The summed E-state index contributed by atoms with van der Waals surface area (Å²) in [6.07, 6.45) is -3.30. The van der Waals surface area contributed by atoms with Crippen LogP contribution in [-0.2, 0) is 19.6 Å². The molecule has 1 N–H and O–H groups in total. The Morgan fingerprint density at radius 3 is 2.65 bits per heavy atom. The molecule has 0 fully saturated rings. The number of aryl methyl sites for hydroxylation is 2. The van der Waals surface area contributed by atoms with Crippen LogP contribution in [0.2, 0.25) is 0 Å². The summed E-state index contributed by atoms with van der Waals surface area (Å²) in [7, 11) is 1.71. The van der Waals surface area contributed by atoms with Gasteiger partial charge >= 0.3 is 6.18 Å². The van der Waals surface area contributed by atoms with E-state index in [0.29, 0.717) is 17.7 Å². The van der Waals surface area contributed by atoms with Crippen molar-refractivity contribution in [3.05, 3.63) is 52.8 Å². The number of aliphatic hydroxyl groups excluding tert-OH is 1. The maximum Gasteiger partial charge on any atom is 0.416 e. The zero-order valence-electron chi connectivity index (χ0n) is 11.1. The van der Waals surface area contributed by atoms with E-state index in [2.05, 4.69) is 5.10 Å². The molecule has 1 aromatic heterocycles. The van der Waals surface area contributed by atoms with Crippen molar-refractivity contribution in [1.82, 2.24) is 9.78 Å². The lowest BCUT2D eigenvalue weighted by atomic mass is 9.99. The lowest BCUT2D eigenvalue weighted by Crippen LogP contribution is -2.08. The van der Waals surface area contributed by atoms with Gasteiger partial charge in [-0.2, -0.15) is 18.3 Å². The minimum absolute atomic E-state index is 0.211. The minimum atomic E-state index is -4.42. The van der Waals surface area contributed by atoms with Gasteiger partial charge in [-0.1, -0.05) is 19.1 Å². The quantitative estimate of drug-likeness (QED) is 0.940. The molecule has 0 saturated heterocycles. The summed E-state index contributed by atoms with van der Waals surface area (Å²) in [5.41, 5.74) is 0.658. The standard InChI is InChI=1S/C14H15F3N2O/c1-3-12-11(8-19(2)18-12)13(20)9-5-4-6-10(7-9)14(15,16)17/h4-8,13,20H,3H2,1-2H3. The average Bonchev–Trinajstić information content (AvgIpc) is 2.78. The fourth-order valence-electron chi connectivity index (χ4n) is 2.12. The largest absolute Gasteiger partial charge is 0.416 e. The molecule has 0 aliphatic heterocycles. The smallest absolute Gasteiger partial charge is 0.384 e. The van der Waals surface area contributed by atoms with Gasteiger partial charge in [-0.05, 0) is 24.1 Å². The first-order valence-corrected chi connectivity index (χ1v) is 6.20. The van der Waals surface area contributed by atoms with E-state index in [1.807, 2.05) is 6.92 Å². The van der Waals surface area contributed by atoms with Crippen molar-refractivity contribution >= 4 is 0 Å². The van der Waals surface area contributed by atoms with Gasteiger partial charge in [0.2, 0.25) is 0 Å². The first kappa shape index (κ1) is 14.6. The molecule has 108 valence electrons. The van der Waals surface area contributed by atoms with Crippen LogP contribution >= 0.6 is 0 Å².